The molecule has 0 atom stereocenters. The molecule has 2 aromatic rings. The largest absolute Gasteiger partial charge is 0.311 e. The van der Waals surface area contributed by atoms with E-state index < -0.39 is 0 Å². The van der Waals surface area contributed by atoms with Gasteiger partial charge < -0.3 is 5.32 Å². The molecule has 2 aromatic carbocycles. The Bertz CT molecular complexity index is 621. The molecule has 21 heavy (non-hydrogen) atoms. The quantitative estimate of drug-likeness (QED) is 0.888. The molecule has 1 N–H and O–H groups in total. The summed E-state index contributed by atoms with van der Waals surface area (Å²) in [6.07, 6.45) is 4.86. The highest BCUT2D eigenvalue weighted by Crippen LogP contribution is 2.38. The van der Waals surface area contributed by atoms with Crippen LogP contribution in [0.5, 0.6) is 0 Å². The number of hydrogen-bond donors (Lipinski definition) is 1. The summed E-state index contributed by atoms with van der Waals surface area (Å²) in [5.41, 5.74) is 4.46. The van der Waals surface area contributed by atoms with E-state index in [1.54, 1.807) is 0 Å². The van der Waals surface area contributed by atoms with Crippen molar-refractivity contribution in [2.24, 2.45) is 0 Å². The van der Waals surface area contributed by atoms with E-state index in [2.05, 4.69) is 47.8 Å². The molecule has 0 heterocycles. The van der Waals surface area contributed by atoms with Gasteiger partial charge in [-0.1, -0.05) is 48.0 Å². The van der Waals surface area contributed by atoms with Gasteiger partial charge in [0.2, 0.25) is 0 Å². The van der Waals surface area contributed by atoms with Gasteiger partial charge in [0, 0.05) is 17.1 Å². The van der Waals surface area contributed by atoms with Crippen LogP contribution < -0.4 is 5.32 Å². The molecular weight excluding hydrogens is 278 g/mol. The Morgan fingerprint density at radius 2 is 1.57 bits per heavy atom. The van der Waals surface area contributed by atoms with Crippen molar-refractivity contribution in [2.75, 3.05) is 0 Å². The molecule has 1 saturated carbocycles. The van der Waals surface area contributed by atoms with E-state index in [4.69, 9.17) is 11.6 Å². The maximum atomic E-state index is 6.08. The van der Waals surface area contributed by atoms with Crippen LogP contribution in [0.4, 0.5) is 0 Å². The van der Waals surface area contributed by atoms with Gasteiger partial charge in [-0.2, -0.15) is 0 Å². The first-order chi connectivity index (χ1) is 10.3. The van der Waals surface area contributed by atoms with Gasteiger partial charge in [0.25, 0.3) is 0 Å². The summed E-state index contributed by atoms with van der Waals surface area (Å²) in [7, 11) is 0. The van der Waals surface area contributed by atoms with Crippen LogP contribution in [0.3, 0.4) is 0 Å². The molecule has 1 fully saturated rings. The van der Waals surface area contributed by atoms with Crippen LogP contribution >= 0.6 is 11.6 Å². The first-order valence-corrected chi connectivity index (χ1v) is 8.24. The molecule has 0 aromatic heterocycles. The highest BCUT2D eigenvalue weighted by atomic mass is 35.5. The monoisotopic (exact) mass is 297 g/mol. The Kier molecular flexibility index (Phi) is 3.48. The highest BCUT2D eigenvalue weighted by Gasteiger charge is 2.33. The third kappa shape index (κ3) is 2.73. The van der Waals surface area contributed by atoms with E-state index in [0.717, 1.165) is 5.02 Å². The summed E-state index contributed by atoms with van der Waals surface area (Å²) in [6, 6.07) is 18.5. The van der Waals surface area contributed by atoms with Gasteiger partial charge in [-0.05, 0) is 60.4 Å². The minimum absolute atomic E-state index is 0.632. The maximum absolute atomic E-state index is 6.08. The molecule has 4 rings (SSSR count). The predicted octanol–water partition coefficient (Wildman–Crippen LogP) is 4.34. The summed E-state index contributed by atoms with van der Waals surface area (Å²) in [4.78, 5) is 0. The third-order valence-electron chi connectivity index (χ3n) is 4.98. The zero-order valence-electron chi connectivity index (χ0n) is 12.1. The fourth-order valence-corrected chi connectivity index (χ4v) is 4.00. The summed E-state index contributed by atoms with van der Waals surface area (Å²) in [5.74, 6) is 0.685. The lowest BCUT2D eigenvalue weighted by molar-refractivity contribution is 0.266. The van der Waals surface area contributed by atoms with Crippen molar-refractivity contribution in [3.05, 3.63) is 70.2 Å². The number of rotatable bonds is 3. The van der Waals surface area contributed by atoms with Crippen molar-refractivity contribution < 1.29 is 0 Å². The Hall–Kier alpha value is -1.31. The molecule has 0 unspecified atom stereocenters. The number of hydrogen-bond acceptors (Lipinski definition) is 1. The second-order valence-electron chi connectivity index (χ2n) is 6.46. The number of benzene rings is 2. The van der Waals surface area contributed by atoms with Gasteiger partial charge in [-0.3, -0.25) is 0 Å². The molecule has 0 saturated heterocycles. The molecular formula is C19H20ClN. The molecule has 0 spiro atoms. The average Bonchev–Trinajstić information content (AvgIpc) is 2.84. The summed E-state index contributed by atoms with van der Waals surface area (Å²) in [5, 5.41) is 4.70. The van der Waals surface area contributed by atoms with E-state index in [0.29, 0.717) is 18.0 Å². The lowest BCUT2D eigenvalue weighted by Crippen LogP contribution is -2.45. The number of halogens is 1. The number of nitrogens with one attached hydrogen (secondary N) is 1. The van der Waals surface area contributed by atoms with Crippen LogP contribution in [0.2, 0.25) is 5.02 Å². The average molecular weight is 298 g/mol. The van der Waals surface area contributed by atoms with Crippen molar-refractivity contribution in [2.45, 2.75) is 43.7 Å². The number of fused-ring (bicyclic) bond motifs is 1. The van der Waals surface area contributed by atoms with Crippen molar-refractivity contribution in [3.63, 3.8) is 0 Å². The van der Waals surface area contributed by atoms with E-state index in [9.17, 15) is 0 Å². The van der Waals surface area contributed by atoms with Crippen LogP contribution in [0.15, 0.2) is 48.5 Å². The second-order valence-corrected chi connectivity index (χ2v) is 6.90. The molecule has 2 aliphatic rings. The zero-order chi connectivity index (χ0) is 14.2. The topological polar surface area (TPSA) is 12.0 Å². The second kappa shape index (κ2) is 5.47. The lowest BCUT2D eigenvalue weighted by Gasteiger charge is -2.38. The van der Waals surface area contributed by atoms with Crippen LogP contribution in [-0.4, -0.2) is 12.1 Å². The van der Waals surface area contributed by atoms with Gasteiger partial charge in [0.15, 0.2) is 0 Å². The molecule has 1 nitrogen and oxygen atoms in total. The van der Waals surface area contributed by atoms with E-state index >= 15 is 0 Å². The van der Waals surface area contributed by atoms with Crippen molar-refractivity contribution in [1.82, 2.24) is 5.32 Å². The minimum Gasteiger partial charge on any atom is -0.311 e. The lowest BCUT2D eigenvalue weighted by atomic mass is 9.75. The minimum atomic E-state index is 0.632. The van der Waals surface area contributed by atoms with Gasteiger partial charge in [0.1, 0.15) is 0 Å². The van der Waals surface area contributed by atoms with Crippen molar-refractivity contribution in [3.8, 4) is 0 Å². The Balaban J connectivity index is 1.32. The highest BCUT2D eigenvalue weighted by molar-refractivity contribution is 6.30. The molecule has 0 radical (unpaired) electrons. The van der Waals surface area contributed by atoms with Crippen molar-refractivity contribution in [1.29, 1.82) is 0 Å². The summed E-state index contributed by atoms with van der Waals surface area (Å²) >= 11 is 6.08. The van der Waals surface area contributed by atoms with Gasteiger partial charge in [-0.25, -0.2) is 0 Å². The summed E-state index contributed by atoms with van der Waals surface area (Å²) < 4.78 is 0. The SMILES string of the molecule is Clc1cccc(C2CC(NC3Cc4ccccc4C3)C2)c1. The van der Waals surface area contributed by atoms with Crippen LogP contribution in [-0.2, 0) is 12.8 Å². The third-order valence-corrected chi connectivity index (χ3v) is 5.22. The molecule has 0 amide bonds. The molecule has 108 valence electrons. The maximum Gasteiger partial charge on any atom is 0.0408 e. The molecule has 0 aliphatic heterocycles. The first-order valence-electron chi connectivity index (χ1n) is 7.86. The van der Waals surface area contributed by atoms with E-state index in [-0.39, 0.29) is 0 Å². The normalized spacial score (nSPS) is 24.6. The van der Waals surface area contributed by atoms with Crippen LogP contribution in [0.1, 0.15) is 35.4 Å². The Morgan fingerprint density at radius 3 is 2.24 bits per heavy atom. The van der Waals surface area contributed by atoms with Crippen LogP contribution in [0.25, 0.3) is 0 Å². The fourth-order valence-electron chi connectivity index (χ4n) is 3.80. The first kappa shape index (κ1) is 13.4. The van der Waals surface area contributed by atoms with Crippen molar-refractivity contribution >= 4 is 11.6 Å². The van der Waals surface area contributed by atoms with E-state index in [1.165, 1.54) is 42.4 Å². The standard InChI is InChI=1S/C19H20ClN/c20-17-7-3-6-13(8-17)16-11-19(12-16)21-18-9-14-4-1-2-5-15(14)10-18/h1-8,16,18-19,21H,9-12H2. The molecule has 0 bridgehead atoms. The van der Waals surface area contributed by atoms with Gasteiger partial charge in [0.05, 0.1) is 0 Å². The fraction of sp³-hybridized carbons (Fsp3) is 0.368. The molecule has 2 aliphatic carbocycles. The van der Waals surface area contributed by atoms with Gasteiger partial charge >= 0.3 is 0 Å². The van der Waals surface area contributed by atoms with Gasteiger partial charge in [-0.15, -0.1) is 0 Å². The zero-order valence-corrected chi connectivity index (χ0v) is 12.8. The Labute approximate surface area is 131 Å². The molecule has 2 heteroatoms. The van der Waals surface area contributed by atoms with Crippen LogP contribution in [0, 0.1) is 0 Å². The van der Waals surface area contributed by atoms with E-state index in [1.807, 2.05) is 6.07 Å². The smallest absolute Gasteiger partial charge is 0.0408 e. The Morgan fingerprint density at radius 1 is 0.857 bits per heavy atom. The predicted molar refractivity (Wildman–Crippen MR) is 88.0 cm³/mol. The summed E-state index contributed by atoms with van der Waals surface area (Å²) in [6.45, 7) is 0.